The summed E-state index contributed by atoms with van der Waals surface area (Å²) >= 11 is 1.56. The van der Waals surface area contributed by atoms with Crippen molar-refractivity contribution in [3.63, 3.8) is 0 Å². The van der Waals surface area contributed by atoms with Crippen molar-refractivity contribution in [2.45, 2.75) is 24.7 Å². The van der Waals surface area contributed by atoms with Crippen molar-refractivity contribution in [2.24, 2.45) is 5.73 Å². The minimum absolute atomic E-state index is 0. The van der Waals surface area contributed by atoms with Crippen LogP contribution in [0.4, 0.5) is 4.39 Å². The van der Waals surface area contributed by atoms with Crippen LogP contribution in [0.3, 0.4) is 0 Å². The van der Waals surface area contributed by atoms with E-state index in [1.54, 1.807) is 34.9 Å². The van der Waals surface area contributed by atoms with E-state index in [1.165, 1.54) is 12.1 Å². The van der Waals surface area contributed by atoms with Gasteiger partial charge in [0.15, 0.2) is 11.0 Å². The van der Waals surface area contributed by atoms with Gasteiger partial charge in [-0.3, -0.25) is 4.57 Å². The minimum atomic E-state index is -0.285. The molecule has 2 aromatic heterocycles. The molecule has 0 spiro atoms. The van der Waals surface area contributed by atoms with E-state index in [-0.39, 0.29) is 24.8 Å². The molecule has 2 heterocycles. The summed E-state index contributed by atoms with van der Waals surface area (Å²) in [6.45, 7) is 0.990. The van der Waals surface area contributed by atoms with Crippen LogP contribution in [0.15, 0.2) is 35.7 Å². The molecule has 0 atom stereocenters. The summed E-state index contributed by atoms with van der Waals surface area (Å²) in [6, 6.07) is 6.18. The predicted octanol–water partition coefficient (Wildman–Crippen LogP) is 1.46. The normalized spacial score (nSPS) is 10.6. The van der Waals surface area contributed by atoms with Crippen molar-refractivity contribution in [3.05, 3.63) is 42.2 Å². The van der Waals surface area contributed by atoms with E-state index >= 15 is 0 Å². The second-order valence-electron chi connectivity index (χ2n) is 4.69. The number of hydrogen-bond acceptors (Lipinski definition) is 7. The van der Waals surface area contributed by atoms with Crippen LogP contribution in [0, 0.1) is 5.82 Å². The molecule has 0 unspecified atom stereocenters. The van der Waals surface area contributed by atoms with Gasteiger partial charge in [-0.25, -0.2) is 9.07 Å². The van der Waals surface area contributed by atoms with Gasteiger partial charge in [0.25, 0.3) is 0 Å². The zero-order valence-electron chi connectivity index (χ0n) is 12.6. The maximum atomic E-state index is 13.1. The lowest BCUT2D eigenvalue weighted by atomic mass is 10.3. The number of nitrogens with zero attached hydrogens (tertiary/aromatic N) is 7. The van der Waals surface area contributed by atoms with Crippen molar-refractivity contribution >= 4 is 24.2 Å². The van der Waals surface area contributed by atoms with Crippen LogP contribution in [0.5, 0.6) is 0 Å². The molecule has 0 aliphatic heterocycles. The number of thioether (sulfide) groups is 1. The maximum Gasteiger partial charge on any atom is 0.195 e. The third-order valence-electron chi connectivity index (χ3n) is 3.12. The van der Waals surface area contributed by atoms with Gasteiger partial charge in [-0.1, -0.05) is 11.8 Å². The van der Waals surface area contributed by atoms with Gasteiger partial charge in [0, 0.05) is 18.0 Å². The highest BCUT2D eigenvalue weighted by Gasteiger charge is 2.13. The molecule has 0 aliphatic rings. The molecule has 0 radical (unpaired) electrons. The lowest BCUT2D eigenvalue weighted by Gasteiger charge is -2.09. The molecule has 11 heteroatoms. The lowest BCUT2D eigenvalue weighted by molar-refractivity contribution is 0.581. The second-order valence-corrected chi connectivity index (χ2v) is 5.75. The van der Waals surface area contributed by atoms with Crippen molar-refractivity contribution in [1.82, 2.24) is 35.0 Å². The first-order valence-electron chi connectivity index (χ1n) is 7.02. The highest BCUT2D eigenvalue weighted by atomic mass is 35.5. The van der Waals surface area contributed by atoms with Crippen LogP contribution >= 0.6 is 24.2 Å². The van der Waals surface area contributed by atoms with Gasteiger partial charge in [-0.2, -0.15) is 0 Å². The highest BCUT2D eigenvalue weighted by Crippen LogP contribution is 2.22. The molecule has 0 aliphatic carbocycles. The minimum Gasteiger partial charge on any atom is -0.324 e. The topological polar surface area (TPSA) is 100 Å². The van der Waals surface area contributed by atoms with Crippen molar-refractivity contribution in [2.75, 3.05) is 5.75 Å². The number of hydrogen-bond donors (Lipinski definition) is 1. The van der Waals surface area contributed by atoms with Gasteiger partial charge in [-0.15, -0.1) is 27.7 Å². The average molecular weight is 371 g/mol. The van der Waals surface area contributed by atoms with E-state index in [2.05, 4.69) is 25.7 Å². The van der Waals surface area contributed by atoms with Gasteiger partial charge < -0.3 is 5.73 Å². The molecule has 3 rings (SSSR count). The molecule has 1 aromatic carbocycles. The van der Waals surface area contributed by atoms with Crippen molar-refractivity contribution < 1.29 is 4.39 Å². The summed E-state index contributed by atoms with van der Waals surface area (Å²) in [7, 11) is 0. The zero-order chi connectivity index (χ0) is 16.1. The molecular formula is C13H16ClFN8S. The first-order valence-corrected chi connectivity index (χ1v) is 8.00. The van der Waals surface area contributed by atoms with E-state index in [9.17, 15) is 4.39 Å². The molecule has 3 aromatic rings. The Kier molecular flexibility index (Phi) is 6.64. The molecule has 0 bridgehead atoms. The smallest absolute Gasteiger partial charge is 0.195 e. The average Bonchev–Trinajstić information content (AvgIpc) is 3.22. The van der Waals surface area contributed by atoms with Crippen LogP contribution in [0.2, 0.25) is 0 Å². The first kappa shape index (κ1) is 18.3. The van der Waals surface area contributed by atoms with E-state index in [1.807, 2.05) is 4.57 Å². The van der Waals surface area contributed by atoms with Crippen molar-refractivity contribution in [3.8, 4) is 5.69 Å². The molecule has 24 heavy (non-hydrogen) atoms. The van der Waals surface area contributed by atoms with Gasteiger partial charge in [0.05, 0.1) is 6.54 Å². The van der Waals surface area contributed by atoms with Crippen molar-refractivity contribution in [1.29, 1.82) is 0 Å². The van der Waals surface area contributed by atoms with E-state index in [0.29, 0.717) is 5.82 Å². The Labute approximate surface area is 148 Å². The Balaban J connectivity index is 0.00000208. The van der Waals surface area contributed by atoms with E-state index in [4.69, 9.17) is 5.73 Å². The molecule has 0 fully saturated rings. The Morgan fingerprint density at radius 2 is 1.96 bits per heavy atom. The monoisotopic (exact) mass is 370 g/mol. The molecule has 0 amide bonds. The first-order chi connectivity index (χ1) is 11.3. The number of aryl methyl sites for hydroxylation is 1. The van der Waals surface area contributed by atoms with Crippen LogP contribution in [0.25, 0.3) is 5.69 Å². The molecule has 8 nitrogen and oxygen atoms in total. The fourth-order valence-electron chi connectivity index (χ4n) is 2.05. The fourth-order valence-corrected chi connectivity index (χ4v) is 2.94. The van der Waals surface area contributed by atoms with E-state index < -0.39 is 0 Å². The number of nitrogens with two attached hydrogens (primary N) is 1. The van der Waals surface area contributed by atoms with Gasteiger partial charge in [0.2, 0.25) is 0 Å². The molecule has 2 N–H and O–H groups in total. The highest BCUT2D eigenvalue weighted by molar-refractivity contribution is 7.99. The lowest BCUT2D eigenvalue weighted by Crippen LogP contribution is -2.08. The van der Waals surface area contributed by atoms with Crippen LogP contribution in [0.1, 0.15) is 12.2 Å². The Bertz CT molecular complexity index is 746. The number of rotatable bonds is 7. The summed E-state index contributed by atoms with van der Waals surface area (Å²) in [5.41, 5.74) is 6.51. The molecular weight excluding hydrogens is 355 g/mol. The maximum absolute atomic E-state index is 13.1. The quantitative estimate of drug-likeness (QED) is 0.496. The van der Waals surface area contributed by atoms with Gasteiger partial charge >= 0.3 is 0 Å². The Morgan fingerprint density at radius 1 is 1.17 bits per heavy atom. The third-order valence-corrected chi connectivity index (χ3v) is 4.14. The number of halogens is 2. The number of aromatic nitrogens is 7. The molecule has 0 saturated carbocycles. The number of benzene rings is 1. The van der Waals surface area contributed by atoms with Gasteiger partial charge in [-0.05, 0) is 41.1 Å². The standard InChI is InChI=1S/C13H15FN8S.ClH/c14-10-2-4-11(5-3-10)22-12(8-15)17-18-13(22)23-7-1-6-21-9-16-19-20-21;/h2-5,9H,1,6-8,15H2;1H. The van der Waals surface area contributed by atoms with Crippen LogP contribution in [-0.4, -0.2) is 40.7 Å². The largest absolute Gasteiger partial charge is 0.324 e. The summed E-state index contributed by atoms with van der Waals surface area (Å²) < 4.78 is 16.6. The summed E-state index contributed by atoms with van der Waals surface area (Å²) in [4.78, 5) is 0. The van der Waals surface area contributed by atoms with Crippen LogP contribution in [-0.2, 0) is 13.1 Å². The fraction of sp³-hybridized carbons (Fsp3) is 0.308. The molecule has 128 valence electrons. The zero-order valence-corrected chi connectivity index (χ0v) is 14.3. The predicted molar refractivity (Wildman–Crippen MR) is 89.6 cm³/mol. The van der Waals surface area contributed by atoms with Gasteiger partial charge in [0.1, 0.15) is 12.1 Å². The van der Waals surface area contributed by atoms with Crippen LogP contribution < -0.4 is 5.73 Å². The number of tetrazole rings is 1. The third kappa shape index (κ3) is 4.28. The second kappa shape index (κ2) is 8.71. The van der Waals surface area contributed by atoms with E-state index in [0.717, 1.165) is 29.6 Å². The summed E-state index contributed by atoms with van der Waals surface area (Å²) in [6.07, 6.45) is 2.46. The summed E-state index contributed by atoms with van der Waals surface area (Å²) in [5.74, 6) is 1.18. The Hall–Kier alpha value is -2.04. The SMILES string of the molecule is Cl.NCc1nnc(SCCCn2cnnn2)n1-c1ccc(F)cc1. The summed E-state index contributed by atoms with van der Waals surface area (Å²) in [5, 5.41) is 20.0. The molecule has 0 saturated heterocycles. The Morgan fingerprint density at radius 3 is 2.62 bits per heavy atom.